The second-order valence-electron chi connectivity index (χ2n) is 10.7. The van der Waals surface area contributed by atoms with Crippen LogP contribution < -0.4 is 53.2 Å². The Kier molecular flexibility index (Phi) is 51.8. The molecule has 1 atom stereocenters. The van der Waals surface area contributed by atoms with Crippen LogP contribution in [-0.4, -0.2) is 120 Å². The zero-order valence-electron chi connectivity index (χ0n) is 32.2. The molecule has 12 N–H and O–H groups in total. The molecule has 0 heterocycles. The number of aliphatic hydroxyl groups is 2. The van der Waals surface area contributed by atoms with Crippen LogP contribution in [0.25, 0.3) is 0 Å². The van der Waals surface area contributed by atoms with Crippen molar-refractivity contribution in [3.63, 3.8) is 0 Å². The first kappa shape index (κ1) is 54.7. The zero-order valence-corrected chi connectivity index (χ0v) is 32.2. The summed E-state index contributed by atoms with van der Waals surface area (Å²) < 4.78 is 0. The lowest BCUT2D eigenvalue weighted by Gasteiger charge is -2.09. The van der Waals surface area contributed by atoms with E-state index < -0.39 is 0 Å². The number of rotatable bonds is 17. The standard InChI is InChI=1S/C7H16N2O3.C7H16N2O.3C6H14N2O/c10-5-1-3-8-7(12)9-4-2-6-11;1-3-5-8-7(10)9-6-4-2;1-5(2)4-8-6(9)7-3;1-4-5(2)8-6(9)7-3;1-3-5-8-6(9)7-4-2/h10-11H,1-6H2,(H2,8,9,12);3-6H2,1-2H3,(H2,8,9,10);2*5H,4H2,1-3H3,(H2,7,8,9);3-5H2,1-2H3,(H2,7,8,9). The van der Waals surface area contributed by atoms with Gasteiger partial charge in [-0.05, 0) is 58.3 Å². The molecule has 0 bridgehead atoms. The molecule has 0 saturated heterocycles. The monoisotopic (exact) mass is 711 g/mol. The number of carbonyl (C=O) groups is 5. The highest BCUT2D eigenvalue weighted by Crippen LogP contribution is 1.86. The SMILES string of the molecule is CCC(C)NC(=O)NC.CCCNC(=O)NCC.CCCNC(=O)NCCC.CNC(=O)NCC(C)C.O=C(NCCCO)NCCCO. The fourth-order valence-electron chi connectivity index (χ4n) is 2.41. The van der Waals surface area contributed by atoms with E-state index in [1.165, 1.54) is 0 Å². The van der Waals surface area contributed by atoms with Gasteiger partial charge in [0.05, 0.1) is 0 Å². The first-order valence-electron chi connectivity index (χ1n) is 17.5. The third kappa shape index (κ3) is 60.1. The molecule has 0 aliphatic carbocycles. The number of urea groups is 5. The van der Waals surface area contributed by atoms with E-state index in [-0.39, 0.29) is 49.4 Å². The molecule has 294 valence electrons. The topological polar surface area (TPSA) is 246 Å². The summed E-state index contributed by atoms with van der Waals surface area (Å²) in [5.74, 6) is 0.516. The van der Waals surface area contributed by atoms with Gasteiger partial charge in [0.25, 0.3) is 0 Å². The molecule has 0 spiro atoms. The van der Waals surface area contributed by atoms with E-state index in [4.69, 9.17) is 10.2 Å². The van der Waals surface area contributed by atoms with Crippen molar-refractivity contribution in [2.75, 3.05) is 73.1 Å². The van der Waals surface area contributed by atoms with Crippen LogP contribution in [-0.2, 0) is 0 Å². The summed E-state index contributed by atoms with van der Waals surface area (Å²) in [6, 6.07) is -0.321. The van der Waals surface area contributed by atoms with Gasteiger partial charge in [-0.1, -0.05) is 41.5 Å². The predicted octanol–water partition coefficient (Wildman–Crippen LogP) is 2.16. The number of hydrogen-bond acceptors (Lipinski definition) is 7. The van der Waals surface area contributed by atoms with Crippen molar-refractivity contribution in [2.45, 2.75) is 100.0 Å². The summed E-state index contributed by atoms with van der Waals surface area (Å²) in [5, 5.41) is 43.0. The number of amides is 10. The molecule has 0 radical (unpaired) electrons. The average molecular weight is 711 g/mol. The molecule has 49 heavy (non-hydrogen) atoms. The molecule has 17 heteroatoms. The lowest BCUT2D eigenvalue weighted by molar-refractivity contribution is 0.235. The number of hydrogen-bond donors (Lipinski definition) is 12. The quantitative estimate of drug-likeness (QED) is 0.100. The molecule has 1 unspecified atom stereocenters. The maximum Gasteiger partial charge on any atom is 0.314 e. The van der Waals surface area contributed by atoms with Crippen LogP contribution in [0.5, 0.6) is 0 Å². The molecule has 0 aromatic carbocycles. The van der Waals surface area contributed by atoms with Crippen LogP contribution >= 0.6 is 0 Å². The van der Waals surface area contributed by atoms with Crippen molar-refractivity contribution in [3.8, 4) is 0 Å². The van der Waals surface area contributed by atoms with E-state index in [2.05, 4.69) is 67.0 Å². The predicted molar refractivity (Wildman–Crippen MR) is 199 cm³/mol. The highest BCUT2D eigenvalue weighted by atomic mass is 16.3. The Morgan fingerprint density at radius 3 is 1.16 bits per heavy atom. The summed E-state index contributed by atoms with van der Waals surface area (Å²) in [6.45, 7) is 20.9. The maximum absolute atomic E-state index is 10.8. The number of nitrogens with one attached hydrogen (secondary N) is 10. The van der Waals surface area contributed by atoms with Gasteiger partial charge in [0, 0.05) is 79.2 Å². The second kappa shape index (κ2) is 46.4. The van der Waals surface area contributed by atoms with Gasteiger partial charge in [0.1, 0.15) is 0 Å². The fraction of sp³-hybridized carbons (Fsp3) is 0.844. The summed E-state index contributed by atoms with van der Waals surface area (Å²) in [6.07, 6.45) is 5.05. The fourth-order valence-corrected chi connectivity index (χ4v) is 2.41. The van der Waals surface area contributed by atoms with Gasteiger partial charge in [0.2, 0.25) is 0 Å². The molecule has 0 aromatic rings. The summed E-state index contributed by atoms with van der Waals surface area (Å²) >= 11 is 0. The largest absolute Gasteiger partial charge is 0.396 e. The molecule has 0 aliphatic rings. The Hall–Kier alpha value is -3.73. The molecule has 0 aliphatic heterocycles. The summed E-state index contributed by atoms with van der Waals surface area (Å²) in [4.78, 5) is 53.2. The highest BCUT2D eigenvalue weighted by Gasteiger charge is 2.00. The minimum Gasteiger partial charge on any atom is -0.396 e. The van der Waals surface area contributed by atoms with E-state index in [1.807, 2.05) is 41.5 Å². The van der Waals surface area contributed by atoms with Gasteiger partial charge < -0.3 is 63.4 Å². The molecular formula is C32H74N10O7. The van der Waals surface area contributed by atoms with E-state index in [0.717, 1.165) is 51.9 Å². The third-order valence-electron chi connectivity index (χ3n) is 5.30. The average Bonchev–Trinajstić information content (AvgIpc) is 3.09. The van der Waals surface area contributed by atoms with Crippen molar-refractivity contribution in [2.24, 2.45) is 5.92 Å². The van der Waals surface area contributed by atoms with Crippen molar-refractivity contribution >= 4 is 30.2 Å². The van der Waals surface area contributed by atoms with E-state index in [1.54, 1.807) is 14.1 Å². The van der Waals surface area contributed by atoms with E-state index in [9.17, 15) is 24.0 Å². The molecule has 10 amide bonds. The second-order valence-corrected chi connectivity index (χ2v) is 10.7. The molecule has 0 rings (SSSR count). The van der Waals surface area contributed by atoms with Gasteiger partial charge in [-0.25, -0.2) is 24.0 Å². The molecule has 17 nitrogen and oxygen atoms in total. The number of aliphatic hydroxyl groups excluding tert-OH is 2. The van der Waals surface area contributed by atoms with Gasteiger partial charge in [-0.3, -0.25) is 0 Å². The third-order valence-corrected chi connectivity index (χ3v) is 5.30. The van der Waals surface area contributed by atoms with Crippen LogP contribution in [0.15, 0.2) is 0 Å². The van der Waals surface area contributed by atoms with Gasteiger partial charge in [0.15, 0.2) is 0 Å². The first-order chi connectivity index (χ1) is 23.3. The molecule has 0 fully saturated rings. The molecule has 0 saturated carbocycles. The Balaban J connectivity index is -0.000000165. The van der Waals surface area contributed by atoms with Crippen LogP contribution in [0.3, 0.4) is 0 Å². The lowest BCUT2D eigenvalue weighted by Crippen LogP contribution is -2.38. The van der Waals surface area contributed by atoms with Crippen molar-refractivity contribution < 1.29 is 34.2 Å². The lowest BCUT2D eigenvalue weighted by atomic mass is 10.2. The van der Waals surface area contributed by atoms with Crippen LogP contribution in [0.4, 0.5) is 24.0 Å². The summed E-state index contributed by atoms with van der Waals surface area (Å²) in [7, 11) is 3.22. The smallest absolute Gasteiger partial charge is 0.314 e. The van der Waals surface area contributed by atoms with Crippen molar-refractivity contribution in [3.05, 3.63) is 0 Å². The minimum atomic E-state index is -0.253. The zero-order chi connectivity index (χ0) is 38.7. The van der Waals surface area contributed by atoms with Gasteiger partial charge in [-0.2, -0.15) is 0 Å². The van der Waals surface area contributed by atoms with Crippen molar-refractivity contribution in [1.82, 2.24) is 53.2 Å². The Morgan fingerprint density at radius 2 is 0.878 bits per heavy atom. The summed E-state index contributed by atoms with van der Waals surface area (Å²) in [5.41, 5.74) is 0. The van der Waals surface area contributed by atoms with E-state index in [0.29, 0.717) is 38.4 Å². The van der Waals surface area contributed by atoms with Gasteiger partial charge >= 0.3 is 30.2 Å². The Morgan fingerprint density at radius 1 is 0.510 bits per heavy atom. The number of carbonyl (C=O) groups excluding carboxylic acids is 5. The minimum absolute atomic E-state index is 0.0521. The maximum atomic E-state index is 10.8. The molecule has 0 aromatic heterocycles. The highest BCUT2D eigenvalue weighted by molar-refractivity contribution is 5.75. The molecular weight excluding hydrogens is 636 g/mol. The van der Waals surface area contributed by atoms with Crippen molar-refractivity contribution in [1.29, 1.82) is 0 Å². The van der Waals surface area contributed by atoms with Crippen LogP contribution in [0.2, 0.25) is 0 Å². The Bertz CT molecular complexity index is 740. The normalized spacial score (nSPS) is 9.73. The first-order valence-corrected chi connectivity index (χ1v) is 17.5. The van der Waals surface area contributed by atoms with Crippen LogP contribution in [0.1, 0.15) is 93.9 Å². The van der Waals surface area contributed by atoms with Crippen LogP contribution in [0, 0.1) is 5.92 Å². The van der Waals surface area contributed by atoms with E-state index >= 15 is 0 Å². The Labute approximate surface area is 296 Å². The van der Waals surface area contributed by atoms with Gasteiger partial charge in [-0.15, -0.1) is 0 Å².